The number of hydrogen-bond acceptors (Lipinski definition) is 3. The van der Waals surface area contributed by atoms with Gasteiger partial charge >= 0.3 is 0 Å². The van der Waals surface area contributed by atoms with Crippen molar-refractivity contribution in [2.75, 3.05) is 4.90 Å². The molecule has 0 radical (unpaired) electrons. The topological polar surface area (TPSA) is 29.3 Å². The van der Waals surface area contributed by atoms with E-state index in [1.54, 1.807) is 0 Å². The van der Waals surface area contributed by atoms with Crippen molar-refractivity contribution in [2.45, 2.75) is 12.3 Å². The summed E-state index contributed by atoms with van der Waals surface area (Å²) in [6.45, 7) is 0. The second-order valence-electron chi connectivity index (χ2n) is 11.2. The van der Waals surface area contributed by atoms with E-state index in [1.165, 1.54) is 16.7 Å². The van der Waals surface area contributed by atoms with Crippen molar-refractivity contribution in [3.63, 3.8) is 0 Å². The maximum Gasteiger partial charge on any atom is 0.227 e. The number of allylic oxidation sites excluding steroid dienone is 3. The molecule has 0 amide bonds. The predicted octanol–water partition coefficient (Wildman–Crippen LogP) is 11.1. The van der Waals surface area contributed by atoms with Crippen LogP contribution < -0.4 is 4.90 Å². The molecule has 3 nitrogen and oxygen atoms in total. The molecule has 1 heterocycles. The first-order chi connectivity index (χ1) is 21.8. The fourth-order valence-electron chi connectivity index (χ4n) is 6.14. The van der Waals surface area contributed by atoms with Crippen LogP contribution in [0, 0.1) is 0 Å². The zero-order chi connectivity index (χ0) is 29.3. The molecular formula is C41H30N2O. The molecule has 0 saturated heterocycles. The van der Waals surface area contributed by atoms with E-state index in [1.807, 2.05) is 18.2 Å². The van der Waals surface area contributed by atoms with Gasteiger partial charge in [-0.1, -0.05) is 115 Å². The monoisotopic (exact) mass is 566 g/mol. The molecular weight excluding hydrogens is 536 g/mol. The third-order valence-corrected chi connectivity index (χ3v) is 8.45. The molecule has 1 atom stereocenters. The number of fused-ring (bicyclic) bond motifs is 3. The summed E-state index contributed by atoms with van der Waals surface area (Å²) in [5.74, 6) is 1.00. The molecule has 1 aromatic heterocycles. The number of anilines is 2. The SMILES string of the molecule is C1=CC(c2ccccc2)CC=C1N(c1ccc(-c2ccccc2)cc1)c1ccc(-c2nc3ccc4ccccc4c3o2)cc1. The third kappa shape index (κ3) is 4.89. The Kier molecular flexibility index (Phi) is 6.62. The summed E-state index contributed by atoms with van der Waals surface area (Å²) >= 11 is 0. The van der Waals surface area contributed by atoms with Crippen molar-refractivity contribution in [3.05, 3.63) is 175 Å². The summed E-state index contributed by atoms with van der Waals surface area (Å²) in [7, 11) is 0. The number of aromatic nitrogens is 1. The van der Waals surface area contributed by atoms with Gasteiger partial charge in [0.25, 0.3) is 0 Å². The van der Waals surface area contributed by atoms with E-state index >= 15 is 0 Å². The molecule has 1 aliphatic rings. The van der Waals surface area contributed by atoms with E-state index in [0.29, 0.717) is 11.8 Å². The van der Waals surface area contributed by atoms with Crippen LogP contribution in [-0.4, -0.2) is 4.98 Å². The molecule has 210 valence electrons. The van der Waals surface area contributed by atoms with E-state index in [-0.39, 0.29) is 0 Å². The quantitative estimate of drug-likeness (QED) is 0.200. The Morgan fingerprint density at radius 1 is 0.591 bits per heavy atom. The van der Waals surface area contributed by atoms with Crippen molar-refractivity contribution in [3.8, 4) is 22.6 Å². The minimum atomic E-state index is 0.375. The second-order valence-corrected chi connectivity index (χ2v) is 11.2. The van der Waals surface area contributed by atoms with Crippen LogP contribution in [0.1, 0.15) is 17.9 Å². The number of benzene rings is 6. The van der Waals surface area contributed by atoms with Crippen molar-refractivity contribution >= 4 is 33.2 Å². The molecule has 0 fully saturated rings. The lowest BCUT2D eigenvalue weighted by Gasteiger charge is -2.29. The van der Waals surface area contributed by atoms with E-state index in [9.17, 15) is 0 Å². The molecule has 44 heavy (non-hydrogen) atoms. The highest BCUT2D eigenvalue weighted by Gasteiger charge is 2.19. The van der Waals surface area contributed by atoms with Crippen LogP contribution in [0.2, 0.25) is 0 Å². The highest BCUT2D eigenvalue weighted by molar-refractivity contribution is 6.03. The molecule has 0 bridgehead atoms. The molecule has 0 spiro atoms. The van der Waals surface area contributed by atoms with Crippen LogP contribution in [0.15, 0.2) is 174 Å². The first-order valence-electron chi connectivity index (χ1n) is 15.1. The zero-order valence-corrected chi connectivity index (χ0v) is 24.2. The normalized spacial score (nSPS) is 14.5. The van der Waals surface area contributed by atoms with Crippen molar-refractivity contribution in [1.29, 1.82) is 0 Å². The average molecular weight is 567 g/mol. The van der Waals surface area contributed by atoms with Gasteiger partial charge in [0.2, 0.25) is 5.89 Å². The molecule has 8 rings (SSSR count). The maximum absolute atomic E-state index is 6.33. The van der Waals surface area contributed by atoms with Crippen LogP contribution in [0.3, 0.4) is 0 Å². The summed E-state index contributed by atoms with van der Waals surface area (Å²) in [5, 5.41) is 2.23. The Morgan fingerprint density at radius 2 is 1.23 bits per heavy atom. The van der Waals surface area contributed by atoms with Gasteiger partial charge in [0.15, 0.2) is 5.58 Å². The molecule has 0 aliphatic heterocycles. The summed E-state index contributed by atoms with van der Waals surface area (Å²) in [4.78, 5) is 7.16. The molecule has 0 N–H and O–H groups in total. The number of rotatable bonds is 6. The van der Waals surface area contributed by atoms with Crippen molar-refractivity contribution in [1.82, 2.24) is 4.98 Å². The largest absolute Gasteiger partial charge is 0.435 e. The Hall–Kier alpha value is -5.67. The van der Waals surface area contributed by atoms with Gasteiger partial charge in [0, 0.05) is 33.9 Å². The smallest absolute Gasteiger partial charge is 0.227 e. The van der Waals surface area contributed by atoms with Gasteiger partial charge < -0.3 is 9.32 Å². The van der Waals surface area contributed by atoms with Gasteiger partial charge in [-0.2, -0.15) is 0 Å². The minimum absolute atomic E-state index is 0.375. The number of oxazole rings is 1. The Bertz CT molecular complexity index is 2120. The standard InChI is InChI=1S/C41H30N2O/c1-3-9-29(10-4-1)31-15-22-35(23-16-31)43(36-24-17-32(18-25-36)30-11-5-2-6-12-30)37-26-19-34(20-27-37)41-42-39-28-21-33-13-7-8-14-38(33)40(39)44-41/h1-17,19-28,32H,18H2. The second kappa shape index (κ2) is 11.2. The first kappa shape index (κ1) is 26.0. The summed E-state index contributed by atoms with van der Waals surface area (Å²) < 4.78 is 6.33. The summed E-state index contributed by atoms with van der Waals surface area (Å²) in [5.41, 5.74) is 9.75. The zero-order valence-electron chi connectivity index (χ0n) is 24.2. The lowest BCUT2D eigenvalue weighted by molar-refractivity contribution is 0.623. The lowest BCUT2D eigenvalue weighted by atomic mass is 9.91. The Balaban J connectivity index is 1.15. The average Bonchev–Trinajstić information content (AvgIpc) is 3.55. The van der Waals surface area contributed by atoms with E-state index in [0.717, 1.165) is 50.9 Å². The van der Waals surface area contributed by atoms with Gasteiger partial charge in [-0.05, 0) is 77.0 Å². The van der Waals surface area contributed by atoms with Gasteiger partial charge in [0.1, 0.15) is 5.52 Å². The van der Waals surface area contributed by atoms with Crippen LogP contribution in [0.4, 0.5) is 11.4 Å². The van der Waals surface area contributed by atoms with Crippen LogP contribution in [-0.2, 0) is 0 Å². The fourth-order valence-corrected chi connectivity index (χ4v) is 6.14. The maximum atomic E-state index is 6.33. The van der Waals surface area contributed by atoms with E-state index < -0.39 is 0 Å². The highest BCUT2D eigenvalue weighted by atomic mass is 16.3. The van der Waals surface area contributed by atoms with Gasteiger partial charge in [-0.25, -0.2) is 4.98 Å². The number of hydrogen-bond donors (Lipinski definition) is 0. The van der Waals surface area contributed by atoms with Crippen LogP contribution in [0.25, 0.3) is 44.5 Å². The first-order valence-corrected chi connectivity index (χ1v) is 15.1. The molecule has 7 aromatic rings. The Labute approximate surface area is 257 Å². The third-order valence-electron chi connectivity index (χ3n) is 8.45. The summed E-state index contributed by atoms with van der Waals surface area (Å²) in [6.07, 6.45) is 7.88. The van der Waals surface area contributed by atoms with E-state index in [4.69, 9.17) is 9.40 Å². The molecule has 3 heteroatoms. The van der Waals surface area contributed by atoms with Crippen molar-refractivity contribution < 1.29 is 4.42 Å². The molecule has 6 aromatic carbocycles. The van der Waals surface area contributed by atoms with Gasteiger partial charge in [0.05, 0.1) is 0 Å². The lowest BCUT2D eigenvalue weighted by Crippen LogP contribution is -2.17. The molecule has 1 unspecified atom stereocenters. The Morgan fingerprint density at radius 3 is 1.93 bits per heavy atom. The van der Waals surface area contributed by atoms with Crippen molar-refractivity contribution in [2.24, 2.45) is 0 Å². The van der Waals surface area contributed by atoms with Crippen LogP contribution in [0.5, 0.6) is 0 Å². The highest BCUT2D eigenvalue weighted by Crippen LogP contribution is 2.37. The molecule has 1 aliphatic carbocycles. The minimum Gasteiger partial charge on any atom is -0.435 e. The number of nitrogens with zero attached hydrogens (tertiary/aromatic N) is 2. The van der Waals surface area contributed by atoms with Crippen LogP contribution >= 0.6 is 0 Å². The van der Waals surface area contributed by atoms with Gasteiger partial charge in [-0.3, -0.25) is 0 Å². The predicted molar refractivity (Wildman–Crippen MR) is 182 cm³/mol. The van der Waals surface area contributed by atoms with Gasteiger partial charge in [-0.15, -0.1) is 0 Å². The summed E-state index contributed by atoms with van der Waals surface area (Å²) in [6, 6.07) is 51.0. The van der Waals surface area contributed by atoms with E-state index in [2.05, 4.69) is 151 Å². The molecule has 0 saturated carbocycles. The fraction of sp³-hybridized carbons (Fsp3) is 0.0488.